The zero-order chi connectivity index (χ0) is 18.3. The highest BCUT2D eigenvalue weighted by Crippen LogP contribution is 2.45. The van der Waals surface area contributed by atoms with Gasteiger partial charge in [0.2, 0.25) is 0 Å². The van der Waals surface area contributed by atoms with Crippen LogP contribution in [0, 0.1) is 0 Å². The molecule has 3 aliphatic heterocycles. The molecular formula is C18H19N3O4S. The van der Waals surface area contributed by atoms with Gasteiger partial charge < -0.3 is 9.88 Å². The first kappa shape index (κ1) is 15.9. The Labute approximate surface area is 150 Å². The van der Waals surface area contributed by atoms with Crippen molar-refractivity contribution < 1.29 is 18.0 Å². The summed E-state index contributed by atoms with van der Waals surface area (Å²) in [5, 5.41) is 1.07. The van der Waals surface area contributed by atoms with Crippen molar-refractivity contribution in [1.29, 1.82) is 0 Å². The van der Waals surface area contributed by atoms with Crippen LogP contribution in [0.15, 0.2) is 24.3 Å². The van der Waals surface area contributed by atoms with E-state index < -0.39 is 21.4 Å². The molecule has 4 heterocycles. The zero-order valence-corrected chi connectivity index (χ0v) is 15.2. The van der Waals surface area contributed by atoms with Gasteiger partial charge in [0, 0.05) is 17.4 Å². The number of sulfone groups is 1. The molecule has 2 saturated heterocycles. The number of imide groups is 1. The lowest BCUT2D eigenvalue weighted by Crippen LogP contribution is -2.49. The summed E-state index contributed by atoms with van der Waals surface area (Å²) >= 11 is 0. The first-order chi connectivity index (χ1) is 12.3. The van der Waals surface area contributed by atoms with Gasteiger partial charge in [-0.15, -0.1) is 0 Å². The Bertz CT molecular complexity index is 1070. The third kappa shape index (κ3) is 1.85. The number of rotatable bonds is 1. The number of carbonyl (C=O) groups excluding carboxylic acids is 2. The largest absolute Gasteiger partial charge is 0.356 e. The molecule has 7 nitrogen and oxygen atoms in total. The van der Waals surface area contributed by atoms with Crippen molar-refractivity contribution in [2.75, 3.05) is 18.1 Å². The van der Waals surface area contributed by atoms with Crippen LogP contribution in [0.5, 0.6) is 0 Å². The molecule has 3 aliphatic rings. The van der Waals surface area contributed by atoms with Gasteiger partial charge >= 0.3 is 6.03 Å². The first-order valence-electron chi connectivity index (χ1n) is 8.79. The number of urea groups is 1. The highest BCUT2D eigenvalue weighted by molar-refractivity contribution is 7.91. The minimum absolute atomic E-state index is 0.0308. The highest BCUT2D eigenvalue weighted by Gasteiger charge is 2.60. The Hall–Kier alpha value is -2.35. The zero-order valence-electron chi connectivity index (χ0n) is 14.4. The number of H-pyrrole nitrogens is 1. The first-order valence-corrected chi connectivity index (χ1v) is 10.6. The Morgan fingerprint density at radius 3 is 2.73 bits per heavy atom. The van der Waals surface area contributed by atoms with Crippen LogP contribution in [-0.4, -0.2) is 59.2 Å². The molecule has 5 rings (SSSR count). The summed E-state index contributed by atoms with van der Waals surface area (Å²) < 4.78 is 23.7. The van der Waals surface area contributed by atoms with E-state index in [1.807, 2.05) is 24.3 Å². The van der Waals surface area contributed by atoms with Gasteiger partial charge in [0.05, 0.1) is 23.2 Å². The Balaban J connectivity index is 1.64. The van der Waals surface area contributed by atoms with Crippen LogP contribution in [0.4, 0.5) is 4.79 Å². The monoisotopic (exact) mass is 373 g/mol. The Morgan fingerprint density at radius 1 is 1.23 bits per heavy atom. The number of fused-ring (bicyclic) bond motifs is 5. The maximum absolute atomic E-state index is 13.4. The molecule has 0 bridgehead atoms. The van der Waals surface area contributed by atoms with Crippen molar-refractivity contribution >= 4 is 32.7 Å². The van der Waals surface area contributed by atoms with E-state index in [2.05, 4.69) is 4.98 Å². The fourth-order valence-corrected chi connectivity index (χ4v) is 6.42. The third-order valence-electron chi connectivity index (χ3n) is 6.07. The molecule has 0 unspecified atom stereocenters. The summed E-state index contributed by atoms with van der Waals surface area (Å²) in [4.78, 5) is 32.5. The van der Waals surface area contributed by atoms with Gasteiger partial charge in [-0.05, 0) is 31.4 Å². The van der Waals surface area contributed by atoms with Crippen LogP contribution in [0.2, 0.25) is 0 Å². The molecule has 0 aliphatic carbocycles. The van der Waals surface area contributed by atoms with Crippen molar-refractivity contribution in [3.05, 3.63) is 35.5 Å². The molecule has 8 heteroatoms. The van der Waals surface area contributed by atoms with Crippen LogP contribution in [0.25, 0.3) is 10.9 Å². The second kappa shape index (κ2) is 4.88. The number of hydrogen-bond donors (Lipinski definition) is 1. The number of aromatic nitrogens is 1. The number of aromatic amines is 1. The third-order valence-corrected chi connectivity index (χ3v) is 7.82. The van der Waals surface area contributed by atoms with Gasteiger partial charge in [0.15, 0.2) is 15.4 Å². The maximum Gasteiger partial charge on any atom is 0.328 e. The van der Waals surface area contributed by atoms with Crippen LogP contribution in [0.1, 0.15) is 24.6 Å². The Kier molecular flexibility index (Phi) is 2.98. The predicted molar refractivity (Wildman–Crippen MR) is 95.4 cm³/mol. The van der Waals surface area contributed by atoms with Gasteiger partial charge in [-0.1, -0.05) is 18.2 Å². The number of carbonyl (C=O) groups is 2. The topological polar surface area (TPSA) is 90.6 Å². The second-order valence-corrected chi connectivity index (χ2v) is 9.74. The molecule has 0 radical (unpaired) electrons. The van der Waals surface area contributed by atoms with Gasteiger partial charge in [-0.3, -0.25) is 9.69 Å². The molecule has 1 aromatic heterocycles. The number of benzene rings is 1. The standard InChI is InChI=1S/C18H19N3O4S/c1-18-15-13(12-4-2-3-5-14(12)19-15)6-8-20(18)17(23)21(16(18)22)11-7-9-26(24,25)10-11/h2-5,11,19H,6-10H2,1H3/t11-,18-/m1/s1. The molecule has 3 amide bonds. The fraction of sp³-hybridized carbons (Fsp3) is 0.444. The average Bonchev–Trinajstić information content (AvgIpc) is 3.21. The lowest BCUT2D eigenvalue weighted by atomic mass is 9.87. The molecule has 0 spiro atoms. The summed E-state index contributed by atoms with van der Waals surface area (Å²) in [6, 6.07) is 6.94. The summed E-state index contributed by atoms with van der Waals surface area (Å²) in [5.74, 6) is -0.422. The summed E-state index contributed by atoms with van der Waals surface area (Å²) in [5.41, 5.74) is 1.67. The summed E-state index contributed by atoms with van der Waals surface area (Å²) in [6.45, 7) is 2.22. The smallest absolute Gasteiger partial charge is 0.328 e. The van der Waals surface area contributed by atoms with Gasteiger partial charge in [0.25, 0.3) is 5.91 Å². The number of nitrogens with zero attached hydrogens (tertiary/aromatic N) is 2. The van der Waals surface area contributed by atoms with E-state index in [4.69, 9.17) is 0 Å². The van der Waals surface area contributed by atoms with E-state index in [1.165, 1.54) is 4.90 Å². The minimum atomic E-state index is -3.19. The van der Waals surface area contributed by atoms with Crippen LogP contribution < -0.4 is 0 Å². The molecule has 2 atom stereocenters. The number of para-hydroxylation sites is 1. The summed E-state index contributed by atoms with van der Waals surface area (Å²) in [7, 11) is -3.19. The molecule has 26 heavy (non-hydrogen) atoms. The van der Waals surface area contributed by atoms with E-state index >= 15 is 0 Å². The summed E-state index contributed by atoms with van der Waals surface area (Å²) in [6.07, 6.45) is 0.994. The molecule has 2 fully saturated rings. The lowest BCUT2D eigenvalue weighted by molar-refractivity contribution is -0.134. The van der Waals surface area contributed by atoms with Crippen molar-refractivity contribution in [2.45, 2.75) is 31.3 Å². The van der Waals surface area contributed by atoms with Gasteiger partial charge in [-0.25, -0.2) is 13.2 Å². The SMILES string of the molecule is C[C@@]12C(=O)N([C@@H]3CCS(=O)(=O)C3)C(=O)N1CCc1c2[nH]c2ccccc12. The van der Waals surface area contributed by atoms with Crippen molar-refractivity contribution in [2.24, 2.45) is 0 Å². The normalized spacial score (nSPS) is 30.1. The van der Waals surface area contributed by atoms with Crippen molar-refractivity contribution in [3.63, 3.8) is 0 Å². The van der Waals surface area contributed by atoms with Crippen molar-refractivity contribution in [3.8, 4) is 0 Å². The van der Waals surface area contributed by atoms with E-state index in [1.54, 1.807) is 11.8 Å². The van der Waals surface area contributed by atoms with E-state index in [-0.39, 0.29) is 23.4 Å². The van der Waals surface area contributed by atoms with E-state index in [9.17, 15) is 18.0 Å². The molecular weight excluding hydrogens is 354 g/mol. The fourth-order valence-electron chi connectivity index (χ4n) is 4.72. The highest BCUT2D eigenvalue weighted by atomic mass is 32.2. The van der Waals surface area contributed by atoms with Gasteiger partial charge in [-0.2, -0.15) is 0 Å². The van der Waals surface area contributed by atoms with E-state index in [0.29, 0.717) is 19.4 Å². The predicted octanol–water partition coefficient (Wildman–Crippen LogP) is 1.39. The molecule has 1 aromatic carbocycles. The van der Waals surface area contributed by atoms with Gasteiger partial charge in [0.1, 0.15) is 0 Å². The average molecular weight is 373 g/mol. The van der Waals surface area contributed by atoms with Crippen molar-refractivity contribution in [1.82, 2.24) is 14.8 Å². The number of nitrogens with one attached hydrogen (secondary N) is 1. The molecule has 0 saturated carbocycles. The quantitative estimate of drug-likeness (QED) is 0.765. The molecule has 2 aromatic rings. The van der Waals surface area contributed by atoms with E-state index in [0.717, 1.165) is 22.2 Å². The van der Waals surface area contributed by atoms with Crippen LogP contribution >= 0.6 is 0 Å². The van der Waals surface area contributed by atoms with Crippen LogP contribution in [0.3, 0.4) is 0 Å². The lowest BCUT2D eigenvalue weighted by Gasteiger charge is -2.36. The maximum atomic E-state index is 13.4. The second-order valence-electron chi connectivity index (χ2n) is 7.51. The Morgan fingerprint density at radius 2 is 2.00 bits per heavy atom. The minimum Gasteiger partial charge on any atom is -0.356 e. The number of hydrogen-bond acceptors (Lipinski definition) is 4. The number of amides is 3. The molecule has 136 valence electrons. The van der Waals surface area contributed by atoms with Crippen LogP contribution in [-0.2, 0) is 26.6 Å². The molecule has 1 N–H and O–H groups in total.